The molecule has 0 aliphatic rings. The number of hydrogen-bond donors (Lipinski definition) is 1. The Hall–Kier alpha value is -1.51. The van der Waals surface area contributed by atoms with Crippen molar-refractivity contribution in [3.05, 3.63) is 29.3 Å². The first-order valence-electron chi connectivity index (χ1n) is 5.75. The van der Waals surface area contributed by atoms with Gasteiger partial charge in [-0.25, -0.2) is 4.79 Å². The van der Waals surface area contributed by atoms with Gasteiger partial charge in [-0.15, -0.1) is 0 Å². The average molecular weight is 221 g/mol. The van der Waals surface area contributed by atoms with E-state index in [-0.39, 0.29) is 0 Å². The number of rotatable bonds is 5. The average Bonchev–Trinajstić information content (AvgIpc) is 2.30. The summed E-state index contributed by atoms with van der Waals surface area (Å²) in [5.74, 6) is -0.842. The van der Waals surface area contributed by atoms with E-state index in [1.165, 1.54) is 0 Å². The molecule has 0 aromatic heterocycles. The lowest BCUT2D eigenvalue weighted by Crippen LogP contribution is -2.24. The summed E-state index contributed by atoms with van der Waals surface area (Å²) in [5, 5.41) is 9.13. The highest BCUT2D eigenvalue weighted by atomic mass is 16.4. The molecule has 0 saturated carbocycles. The van der Waals surface area contributed by atoms with Crippen molar-refractivity contribution in [1.82, 2.24) is 0 Å². The van der Waals surface area contributed by atoms with Crippen molar-refractivity contribution in [2.75, 3.05) is 18.0 Å². The van der Waals surface area contributed by atoms with Crippen molar-refractivity contribution >= 4 is 11.7 Å². The van der Waals surface area contributed by atoms with Crippen LogP contribution in [0, 0.1) is 0 Å². The van der Waals surface area contributed by atoms with Gasteiger partial charge in [-0.05, 0) is 38.0 Å². The number of benzene rings is 1. The third-order valence-corrected chi connectivity index (χ3v) is 2.84. The van der Waals surface area contributed by atoms with Gasteiger partial charge in [0.05, 0.1) is 5.56 Å². The molecule has 1 aromatic rings. The highest BCUT2D eigenvalue weighted by Crippen LogP contribution is 2.24. The van der Waals surface area contributed by atoms with E-state index in [9.17, 15) is 4.79 Å². The van der Waals surface area contributed by atoms with E-state index >= 15 is 0 Å². The molecule has 0 saturated heterocycles. The van der Waals surface area contributed by atoms with Gasteiger partial charge >= 0.3 is 5.97 Å². The molecule has 0 aliphatic carbocycles. The molecule has 0 aliphatic heterocycles. The maximum absolute atomic E-state index is 11.1. The van der Waals surface area contributed by atoms with Crippen LogP contribution in [0.2, 0.25) is 0 Å². The SMILES string of the molecule is CCc1c(C(=O)O)cccc1N(CC)CC. The predicted octanol–water partition coefficient (Wildman–Crippen LogP) is 2.79. The Balaban J connectivity index is 3.28. The summed E-state index contributed by atoms with van der Waals surface area (Å²) in [6.45, 7) is 7.95. The standard InChI is InChI=1S/C13H19NO2/c1-4-10-11(13(15)16)8-7-9-12(10)14(5-2)6-3/h7-9H,4-6H2,1-3H3,(H,15,16). The molecule has 0 bridgehead atoms. The second-order valence-corrected chi connectivity index (χ2v) is 3.63. The number of anilines is 1. The van der Waals surface area contributed by atoms with Gasteiger partial charge in [0, 0.05) is 18.8 Å². The molecule has 0 fully saturated rings. The molecule has 3 heteroatoms. The smallest absolute Gasteiger partial charge is 0.336 e. The molecule has 3 nitrogen and oxygen atoms in total. The fourth-order valence-electron chi connectivity index (χ4n) is 2.01. The number of carbonyl (C=O) groups is 1. The summed E-state index contributed by atoms with van der Waals surface area (Å²) in [6, 6.07) is 5.49. The Morgan fingerprint density at radius 1 is 1.25 bits per heavy atom. The lowest BCUT2D eigenvalue weighted by Gasteiger charge is -2.24. The first-order chi connectivity index (χ1) is 7.65. The summed E-state index contributed by atoms with van der Waals surface area (Å²) >= 11 is 0. The maximum atomic E-state index is 11.1. The zero-order valence-electron chi connectivity index (χ0n) is 10.2. The molecule has 1 N–H and O–H groups in total. The van der Waals surface area contributed by atoms with Crippen LogP contribution < -0.4 is 4.90 Å². The zero-order chi connectivity index (χ0) is 12.1. The molecule has 0 amide bonds. The Morgan fingerprint density at radius 3 is 2.31 bits per heavy atom. The molecule has 88 valence electrons. The summed E-state index contributed by atoms with van der Waals surface area (Å²) in [4.78, 5) is 13.3. The Kier molecular flexibility index (Phi) is 4.35. The van der Waals surface area contributed by atoms with Crippen molar-refractivity contribution in [3.63, 3.8) is 0 Å². The van der Waals surface area contributed by atoms with Crippen molar-refractivity contribution in [2.24, 2.45) is 0 Å². The van der Waals surface area contributed by atoms with Crippen LogP contribution >= 0.6 is 0 Å². The third kappa shape index (κ3) is 2.35. The van der Waals surface area contributed by atoms with E-state index in [2.05, 4.69) is 18.7 Å². The lowest BCUT2D eigenvalue weighted by atomic mass is 10.0. The molecule has 16 heavy (non-hydrogen) atoms. The van der Waals surface area contributed by atoms with Gasteiger partial charge in [-0.3, -0.25) is 0 Å². The third-order valence-electron chi connectivity index (χ3n) is 2.84. The van der Waals surface area contributed by atoms with Crippen LogP contribution in [0.1, 0.15) is 36.7 Å². The summed E-state index contributed by atoms with van der Waals surface area (Å²) < 4.78 is 0. The van der Waals surface area contributed by atoms with Crippen LogP contribution in [0.4, 0.5) is 5.69 Å². The maximum Gasteiger partial charge on any atom is 0.336 e. The van der Waals surface area contributed by atoms with Gasteiger partial charge in [0.15, 0.2) is 0 Å². The van der Waals surface area contributed by atoms with E-state index < -0.39 is 5.97 Å². The van der Waals surface area contributed by atoms with Crippen molar-refractivity contribution < 1.29 is 9.90 Å². The number of nitrogens with zero attached hydrogens (tertiary/aromatic N) is 1. The highest BCUT2D eigenvalue weighted by Gasteiger charge is 2.14. The normalized spacial score (nSPS) is 10.2. The molecule has 0 heterocycles. The Labute approximate surface area is 96.7 Å². The number of carboxylic acids is 1. The van der Waals surface area contributed by atoms with Crippen LogP contribution in [0.25, 0.3) is 0 Å². The van der Waals surface area contributed by atoms with Crippen LogP contribution in [0.15, 0.2) is 18.2 Å². The second-order valence-electron chi connectivity index (χ2n) is 3.63. The quantitative estimate of drug-likeness (QED) is 0.831. The van der Waals surface area contributed by atoms with Crippen LogP contribution in [-0.2, 0) is 6.42 Å². The molecular formula is C13H19NO2. The van der Waals surface area contributed by atoms with E-state index in [4.69, 9.17) is 5.11 Å². The van der Waals surface area contributed by atoms with Gasteiger partial charge in [-0.2, -0.15) is 0 Å². The monoisotopic (exact) mass is 221 g/mol. The minimum Gasteiger partial charge on any atom is -0.478 e. The number of hydrogen-bond acceptors (Lipinski definition) is 2. The minimum absolute atomic E-state index is 0.423. The topological polar surface area (TPSA) is 40.5 Å². The van der Waals surface area contributed by atoms with Crippen molar-refractivity contribution in [1.29, 1.82) is 0 Å². The molecular weight excluding hydrogens is 202 g/mol. The molecule has 0 atom stereocenters. The molecule has 0 unspecified atom stereocenters. The first kappa shape index (κ1) is 12.6. The fraction of sp³-hybridized carbons (Fsp3) is 0.462. The summed E-state index contributed by atoms with van der Waals surface area (Å²) in [7, 11) is 0. The van der Waals surface area contributed by atoms with Gasteiger partial charge < -0.3 is 10.0 Å². The summed E-state index contributed by atoms with van der Waals surface area (Å²) in [5.41, 5.74) is 2.40. The van der Waals surface area contributed by atoms with Crippen LogP contribution in [0.3, 0.4) is 0 Å². The molecule has 0 radical (unpaired) electrons. The molecule has 0 spiro atoms. The van der Waals surface area contributed by atoms with E-state index in [0.717, 1.165) is 30.8 Å². The van der Waals surface area contributed by atoms with Gasteiger partial charge in [-0.1, -0.05) is 13.0 Å². The van der Waals surface area contributed by atoms with Gasteiger partial charge in [0.1, 0.15) is 0 Å². The fourth-order valence-corrected chi connectivity index (χ4v) is 2.01. The number of carboxylic acid groups (broad SMARTS) is 1. The van der Waals surface area contributed by atoms with E-state index in [0.29, 0.717) is 5.56 Å². The zero-order valence-corrected chi connectivity index (χ0v) is 10.2. The first-order valence-corrected chi connectivity index (χ1v) is 5.75. The Bertz CT molecular complexity index is 370. The summed E-state index contributed by atoms with van der Waals surface area (Å²) in [6.07, 6.45) is 0.744. The van der Waals surface area contributed by atoms with Crippen molar-refractivity contribution in [2.45, 2.75) is 27.2 Å². The second kappa shape index (κ2) is 5.54. The highest BCUT2D eigenvalue weighted by molar-refractivity contribution is 5.91. The lowest BCUT2D eigenvalue weighted by molar-refractivity contribution is 0.0696. The van der Waals surface area contributed by atoms with Gasteiger partial charge in [0.2, 0.25) is 0 Å². The molecule has 1 rings (SSSR count). The minimum atomic E-state index is -0.842. The van der Waals surface area contributed by atoms with Crippen molar-refractivity contribution in [3.8, 4) is 0 Å². The van der Waals surface area contributed by atoms with Gasteiger partial charge in [0.25, 0.3) is 0 Å². The van der Waals surface area contributed by atoms with E-state index in [1.54, 1.807) is 6.07 Å². The Morgan fingerprint density at radius 2 is 1.88 bits per heavy atom. The predicted molar refractivity (Wildman–Crippen MR) is 66.3 cm³/mol. The molecule has 1 aromatic carbocycles. The van der Waals surface area contributed by atoms with Crippen LogP contribution in [-0.4, -0.2) is 24.2 Å². The largest absolute Gasteiger partial charge is 0.478 e. The number of aromatic carboxylic acids is 1. The van der Waals surface area contributed by atoms with Crippen LogP contribution in [0.5, 0.6) is 0 Å². The van der Waals surface area contributed by atoms with E-state index in [1.807, 2.05) is 19.1 Å².